The van der Waals surface area contributed by atoms with Gasteiger partial charge in [-0.2, -0.15) is 0 Å². The lowest BCUT2D eigenvalue weighted by Crippen LogP contribution is -2.18. The fraction of sp³-hybridized carbons (Fsp3) is 0.818. The lowest BCUT2D eigenvalue weighted by Gasteiger charge is -2.19. The van der Waals surface area contributed by atoms with Gasteiger partial charge in [0.05, 0.1) is 12.2 Å². The molecule has 25 heavy (non-hydrogen) atoms. The van der Waals surface area contributed by atoms with Crippen LogP contribution in [0.4, 0.5) is 0 Å². The van der Waals surface area contributed by atoms with E-state index in [-0.39, 0.29) is 18.1 Å². The van der Waals surface area contributed by atoms with Crippen LogP contribution in [0.3, 0.4) is 0 Å². The zero-order valence-electron chi connectivity index (χ0n) is 16.5. The van der Waals surface area contributed by atoms with Gasteiger partial charge in [-0.1, -0.05) is 50.0 Å². The van der Waals surface area contributed by atoms with Crippen molar-refractivity contribution in [3.63, 3.8) is 0 Å². The van der Waals surface area contributed by atoms with Crippen molar-refractivity contribution in [1.29, 1.82) is 0 Å². The molecule has 0 aromatic heterocycles. The summed E-state index contributed by atoms with van der Waals surface area (Å²) in [5.41, 5.74) is 1.61. The SMILES string of the molecule is CCCC[C@H](O)/C=C/[C@@H]1[C@H]2CC(CCCCCN(C)C)=C[C@H]2C[C@H]1O. The highest BCUT2D eigenvalue weighted by molar-refractivity contribution is 5.20. The van der Waals surface area contributed by atoms with Crippen molar-refractivity contribution >= 4 is 0 Å². The summed E-state index contributed by atoms with van der Waals surface area (Å²) in [4.78, 5) is 2.26. The lowest BCUT2D eigenvalue weighted by atomic mass is 9.88. The largest absolute Gasteiger partial charge is 0.392 e. The second-order valence-electron chi connectivity index (χ2n) is 8.45. The maximum Gasteiger partial charge on any atom is 0.0721 e. The molecule has 1 fully saturated rings. The molecule has 2 aliphatic carbocycles. The molecule has 2 rings (SSSR count). The number of allylic oxidation sites excluding steroid dienone is 2. The fourth-order valence-electron chi connectivity index (χ4n) is 4.51. The van der Waals surface area contributed by atoms with Crippen LogP contribution in [0.1, 0.15) is 64.7 Å². The maximum atomic E-state index is 10.4. The Kier molecular flexibility index (Phi) is 8.68. The number of unbranched alkanes of at least 4 members (excludes halogenated alkanes) is 3. The molecule has 0 bridgehead atoms. The molecular formula is C22H39NO2. The van der Waals surface area contributed by atoms with Gasteiger partial charge in [0.2, 0.25) is 0 Å². The van der Waals surface area contributed by atoms with Crippen LogP contribution in [-0.2, 0) is 0 Å². The Labute approximate surface area is 154 Å². The van der Waals surface area contributed by atoms with E-state index in [2.05, 4.69) is 38.1 Å². The van der Waals surface area contributed by atoms with Crippen LogP contribution >= 0.6 is 0 Å². The van der Waals surface area contributed by atoms with Crippen molar-refractivity contribution in [3.05, 3.63) is 23.8 Å². The first kappa shape index (κ1) is 20.7. The fourth-order valence-corrected chi connectivity index (χ4v) is 4.51. The van der Waals surface area contributed by atoms with Gasteiger partial charge in [0, 0.05) is 5.92 Å². The van der Waals surface area contributed by atoms with Crippen LogP contribution in [0, 0.1) is 17.8 Å². The molecule has 1 saturated carbocycles. The first-order valence-electron chi connectivity index (χ1n) is 10.4. The van der Waals surface area contributed by atoms with E-state index < -0.39 is 0 Å². The standard InChI is InChI=1S/C22H39NO2/c1-4-5-10-19(24)11-12-20-21-15-17(14-18(21)16-22(20)25)9-7-6-8-13-23(2)3/h11-12,14,18-22,24-25H,4-10,13,15-16H2,1-3H3/b12-11+/t18-,19-,20+,21-,22+/m0/s1. The minimum atomic E-state index is -0.350. The highest BCUT2D eigenvalue weighted by Gasteiger charge is 2.43. The Morgan fingerprint density at radius 1 is 1.24 bits per heavy atom. The number of hydrogen-bond acceptors (Lipinski definition) is 3. The average Bonchev–Trinajstić information content (AvgIpc) is 3.07. The summed E-state index contributed by atoms with van der Waals surface area (Å²) < 4.78 is 0. The van der Waals surface area contributed by atoms with E-state index in [4.69, 9.17) is 0 Å². The van der Waals surface area contributed by atoms with E-state index in [1.54, 1.807) is 5.57 Å². The molecule has 2 aliphatic rings. The minimum absolute atomic E-state index is 0.226. The van der Waals surface area contributed by atoms with Crippen molar-refractivity contribution in [3.8, 4) is 0 Å². The van der Waals surface area contributed by atoms with Crippen LogP contribution in [0.2, 0.25) is 0 Å². The van der Waals surface area contributed by atoms with E-state index in [0.29, 0.717) is 11.8 Å². The summed E-state index contributed by atoms with van der Waals surface area (Å²) >= 11 is 0. The summed E-state index contributed by atoms with van der Waals surface area (Å²) in [5, 5.41) is 20.4. The number of aliphatic hydroxyl groups is 2. The third-order valence-electron chi connectivity index (χ3n) is 5.96. The number of rotatable bonds is 11. The zero-order valence-corrected chi connectivity index (χ0v) is 16.5. The molecule has 5 atom stereocenters. The Hall–Kier alpha value is -0.640. The molecule has 0 aliphatic heterocycles. The van der Waals surface area contributed by atoms with Gasteiger partial charge in [0.1, 0.15) is 0 Å². The van der Waals surface area contributed by atoms with Gasteiger partial charge in [-0.15, -0.1) is 0 Å². The second-order valence-corrected chi connectivity index (χ2v) is 8.45. The Balaban J connectivity index is 1.76. The second kappa shape index (κ2) is 10.5. The highest BCUT2D eigenvalue weighted by atomic mass is 16.3. The van der Waals surface area contributed by atoms with E-state index in [0.717, 1.165) is 32.1 Å². The van der Waals surface area contributed by atoms with E-state index in [1.165, 1.54) is 32.2 Å². The average molecular weight is 350 g/mol. The number of nitrogens with zero attached hydrogens (tertiary/aromatic N) is 1. The van der Waals surface area contributed by atoms with Gasteiger partial charge in [0.25, 0.3) is 0 Å². The third kappa shape index (κ3) is 6.54. The molecule has 0 aromatic rings. The zero-order chi connectivity index (χ0) is 18.2. The molecule has 2 N–H and O–H groups in total. The van der Waals surface area contributed by atoms with Crippen LogP contribution in [0.15, 0.2) is 23.8 Å². The molecule has 3 heteroatoms. The Morgan fingerprint density at radius 2 is 2.04 bits per heavy atom. The van der Waals surface area contributed by atoms with Crippen LogP contribution in [-0.4, -0.2) is 48.0 Å². The Morgan fingerprint density at radius 3 is 2.76 bits per heavy atom. The summed E-state index contributed by atoms with van der Waals surface area (Å²) in [5.74, 6) is 1.33. The molecule has 3 nitrogen and oxygen atoms in total. The maximum absolute atomic E-state index is 10.4. The molecule has 144 valence electrons. The van der Waals surface area contributed by atoms with Crippen molar-refractivity contribution in [2.45, 2.75) is 76.9 Å². The van der Waals surface area contributed by atoms with Crippen molar-refractivity contribution in [2.75, 3.05) is 20.6 Å². The van der Waals surface area contributed by atoms with Crippen LogP contribution in [0.5, 0.6) is 0 Å². The molecule has 0 amide bonds. The molecule has 0 spiro atoms. The minimum Gasteiger partial charge on any atom is -0.392 e. The number of aliphatic hydroxyl groups excluding tert-OH is 2. The predicted molar refractivity (Wildman–Crippen MR) is 105 cm³/mol. The Bertz CT molecular complexity index is 443. The molecule has 0 saturated heterocycles. The van der Waals surface area contributed by atoms with E-state index >= 15 is 0 Å². The normalized spacial score (nSPS) is 30.2. The molecular weight excluding hydrogens is 310 g/mol. The van der Waals surface area contributed by atoms with Gasteiger partial charge in [-0.25, -0.2) is 0 Å². The van der Waals surface area contributed by atoms with Gasteiger partial charge >= 0.3 is 0 Å². The molecule has 0 heterocycles. The lowest BCUT2D eigenvalue weighted by molar-refractivity contribution is 0.139. The van der Waals surface area contributed by atoms with Gasteiger partial charge in [-0.3, -0.25) is 0 Å². The van der Waals surface area contributed by atoms with Crippen molar-refractivity contribution in [2.24, 2.45) is 17.8 Å². The van der Waals surface area contributed by atoms with Crippen molar-refractivity contribution in [1.82, 2.24) is 4.90 Å². The van der Waals surface area contributed by atoms with Crippen LogP contribution < -0.4 is 0 Å². The number of hydrogen-bond donors (Lipinski definition) is 2. The third-order valence-corrected chi connectivity index (χ3v) is 5.96. The summed E-state index contributed by atoms with van der Waals surface area (Å²) in [6.45, 7) is 3.33. The first-order valence-corrected chi connectivity index (χ1v) is 10.4. The van der Waals surface area contributed by atoms with Crippen molar-refractivity contribution < 1.29 is 10.2 Å². The number of fused-ring (bicyclic) bond motifs is 1. The quantitative estimate of drug-likeness (QED) is 0.435. The topological polar surface area (TPSA) is 43.7 Å². The molecule has 0 aromatic carbocycles. The van der Waals surface area contributed by atoms with Gasteiger partial charge in [0.15, 0.2) is 0 Å². The summed E-state index contributed by atoms with van der Waals surface area (Å²) in [7, 11) is 4.28. The molecule has 0 unspecified atom stereocenters. The van der Waals surface area contributed by atoms with Gasteiger partial charge < -0.3 is 15.1 Å². The van der Waals surface area contributed by atoms with E-state index in [9.17, 15) is 10.2 Å². The van der Waals surface area contributed by atoms with Crippen LogP contribution in [0.25, 0.3) is 0 Å². The molecule has 0 radical (unpaired) electrons. The predicted octanol–water partition coefficient (Wildman–Crippen LogP) is 4.16. The monoisotopic (exact) mass is 349 g/mol. The van der Waals surface area contributed by atoms with Gasteiger partial charge in [-0.05, 0) is 71.0 Å². The highest BCUT2D eigenvalue weighted by Crippen LogP contribution is 2.48. The summed E-state index contributed by atoms with van der Waals surface area (Å²) in [6, 6.07) is 0. The first-order chi connectivity index (χ1) is 12.0. The summed E-state index contributed by atoms with van der Waals surface area (Å²) in [6.07, 6.45) is 16.1. The smallest absolute Gasteiger partial charge is 0.0721 e. The van der Waals surface area contributed by atoms with E-state index in [1.807, 2.05) is 6.08 Å².